The zero-order valence-corrected chi connectivity index (χ0v) is 24.2. The van der Waals surface area contributed by atoms with Gasteiger partial charge in [-0.2, -0.15) is 0 Å². The molecule has 0 heterocycles. The minimum absolute atomic E-state index is 0.0105. The van der Waals surface area contributed by atoms with Gasteiger partial charge in [0, 0.05) is 0 Å². The highest BCUT2D eigenvalue weighted by atomic mass is 16.7. The molecular formula is C34H48O4. The van der Waals surface area contributed by atoms with Crippen LogP contribution in [0.3, 0.4) is 0 Å². The van der Waals surface area contributed by atoms with E-state index < -0.39 is 6.16 Å². The number of rotatable bonds is 7. The molecule has 38 heavy (non-hydrogen) atoms. The Morgan fingerprint density at radius 1 is 1.03 bits per heavy atom. The molecule has 1 aromatic carbocycles. The second-order valence-corrected chi connectivity index (χ2v) is 13.7. The maximum Gasteiger partial charge on any atom is 0.508 e. The zero-order chi connectivity index (χ0) is 27.1. The second kappa shape index (κ2) is 10.5. The van der Waals surface area contributed by atoms with Crippen LogP contribution in [0.2, 0.25) is 0 Å². The van der Waals surface area contributed by atoms with Crippen LogP contribution in [-0.2, 0) is 16.1 Å². The van der Waals surface area contributed by atoms with Gasteiger partial charge in [0.1, 0.15) is 6.61 Å². The van der Waals surface area contributed by atoms with Crippen LogP contribution in [0.25, 0.3) is 0 Å². The van der Waals surface area contributed by atoms with E-state index in [1.54, 1.807) is 16.7 Å². The number of ether oxygens (including phenoxy) is 2. The van der Waals surface area contributed by atoms with Gasteiger partial charge in [-0.25, -0.2) is 4.79 Å². The Bertz CT molecular complexity index is 1080. The van der Waals surface area contributed by atoms with Gasteiger partial charge in [-0.05, 0) is 108 Å². The van der Waals surface area contributed by atoms with Crippen molar-refractivity contribution in [2.45, 2.75) is 105 Å². The molecule has 208 valence electrons. The normalized spacial score (nSPS) is 34.5. The Kier molecular flexibility index (Phi) is 7.59. The molecule has 4 aliphatic rings. The molecule has 0 aromatic heterocycles. The first-order chi connectivity index (χ1) is 18.1. The number of aliphatic hydroxyl groups is 1. The SMILES string of the molecule is C[C@H](CCCOC(=O)OCc1ccccc1)[C@H]1CC=C2C3=C(CC[C@@]21C)[C@@]1(C)CC[C@H](O)C(C)(C)[C@@H]1CC3. The van der Waals surface area contributed by atoms with Gasteiger partial charge in [0.2, 0.25) is 0 Å². The van der Waals surface area contributed by atoms with Gasteiger partial charge in [0.05, 0.1) is 12.7 Å². The number of hydrogen-bond donors (Lipinski definition) is 1. The molecule has 0 spiro atoms. The van der Waals surface area contributed by atoms with Gasteiger partial charge in [0.15, 0.2) is 0 Å². The van der Waals surface area contributed by atoms with Crippen LogP contribution >= 0.6 is 0 Å². The van der Waals surface area contributed by atoms with Crippen LogP contribution in [0.5, 0.6) is 0 Å². The van der Waals surface area contributed by atoms with E-state index in [-0.39, 0.29) is 29.0 Å². The molecule has 1 fully saturated rings. The quantitative estimate of drug-likeness (QED) is 0.290. The van der Waals surface area contributed by atoms with E-state index in [2.05, 4.69) is 40.7 Å². The van der Waals surface area contributed by atoms with Crippen molar-refractivity contribution >= 4 is 6.16 Å². The molecule has 4 heteroatoms. The lowest BCUT2D eigenvalue weighted by atomic mass is 9.46. The average Bonchev–Trinajstić information content (AvgIpc) is 3.26. The predicted molar refractivity (Wildman–Crippen MR) is 151 cm³/mol. The fourth-order valence-corrected chi connectivity index (χ4v) is 9.10. The summed E-state index contributed by atoms with van der Waals surface area (Å²) in [6, 6.07) is 9.70. The summed E-state index contributed by atoms with van der Waals surface area (Å²) in [7, 11) is 0. The van der Waals surface area contributed by atoms with Gasteiger partial charge in [0.25, 0.3) is 0 Å². The van der Waals surface area contributed by atoms with Crippen LogP contribution < -0.4 is 0 Å². The maximum absolute atomic E-state index is 12.0. The van der Waals surface area contributed by atoms with Crippen molar-refractivity contribution in [2.75, 3.05) is 6.61 Å². The molecule has 1 aromatic rings. The van der Waals surface area contributed by atoms with E-state index in [1.165, 1.54) is 25.7 Å². The highest BCUT2D eigenvalue weighted by molar-refractivity contribution is 5.59. The fourth-order valence-electron chi connectivity index (χ4n) is 9.10. The zero-order valence-electron chi connectivity index (χ0n) is 24.2. The Morgan fingerprint density at radius 2 is 1.79 bits per heavy atom. The van der Waals surface area contributed by atoms with Gasteiger partial charge in [-0.3, -0.25) is 0 Å². The summed E-state index contributed by atoms with van der Waals surface area (Å²) in [4.78, 5) is 12.0. The van der Waals surface area contributed by atoms with Crippen molar-refractivity contribution in [1.29, 1.82) is 0 Å². The van der Waals surface area contributed by atoms with Crippen molar-refractivity contribution in [1.82, 2.24) is 0 Å². The number of fused-ring (bicyclic) bond motifs is 4. The molecule has 0 amide bonds. The summed E-state index contributed by atoms with van der Waals surface area (Å²) in [5.41, 5.74) is 6.50. The first kappa shape index (κ1) is 27.5. The first-order valence-electron chi connectivity index (χ1n) is 15.0. The summed E-state index contributed by atoms with van der Waals surface area (Å²) in [5, 5.41) is 10.8. The van der Waals surface area contributed by atoms with Crippen LogP contribution in [-0.4, -0.2) is 24.0 Å². The largest absolute Gasteiger partial charge is 0.508 e. The summed E-state index contributed by atoms with van der Waals surface area (Å²) in [6.07, 6.45) is 11.8. The highest BCUT2D eigenvalue weighted by Crippen LogP contribution is 2.66. The molecule has 0 aliphatic heterocycles. The molecule has 4 aliphatic carbocycles. The van der Waals surface area contributed by atoms with E-state index >= 15 is 0 Å². The van der Waals surface area contributed by atoms with Gasteiger partial charge < -0.3 is 14.6 Å². The van der Waals surface area contributed by atoms with Crippen molar-refractivity contribution in [3.63, 3.8) is 0 Å². The number of benzene rings is 1. The van der Waals surface area contributed by atoms with Gasteiger partial charge in [-0.1, -0.05) is 76.6 Å². The van der Waals surface area contributed by atoms with E-state index in [9.17, 15) is 9.90 Å². The molecule has 0 unspecified atom stereocenters. The van der Waals surface area contributed by atoms with Crippen molar-refractivity contribution in [3.8, 4) is 0 Å². The molecule has 1 saturated carbocycles. The molecular weight excluding hydrogens is 472 g/mol. The van der Waals surface area contributed by atoms with E-state index in [0.717, 1.165) is 37.7 Å². The summed E-state index contributed by atoms with van der Waals surface area (Å²) in [6.45, 7) is 12.7. The number of hydrogen-bond acceptors (Lipinski definition) is 4. The van der Waals surface area contributed by atoms with Crippen molar-refractivity contribution < 1.29 is 19.4 Å². The number of allylic oxidation sites excluding steroid dienone is 4. The number of aliphatic hydroxyl groups excluding tert-OH is 1. The first-order valence-corrected chi connectivity index (χ1v) is 15.0. The van der Waals surface area contributed by atoms with E-state index in [0.29, 0.717) is 24.4 Å². The van der Waals surface area contributed by atoms with Crippen molar-refractivity contribution in [3.05, 3.63) is 58.7 Å². The van der Waals surface area contributed by atoms with Gasteiger partial charge in [-0.15, -0.1) is 0 Å². The third-order valence-electron chi connectivity index (χ3n) is 11.3. The lowest BCUT2D eigenvalue weighted by Crippen LogP contribution is -2.53. The Hall–Kier alpha value is -2.07. The smallest absolute Gasteiger partial charge is 0.434 e. The van der Waals surface area contributed by atoms with Crippen LogP contribution in [0.4, 0.5) is 4.79 Å². The molecule has 5 rings (SSSR count). The predicted octanol–water partition coefficient (Wildman–Crippen LogP) is 8.40. The molecule has 0 saturated heterocycles. The second-order valence-electron chi connectivity index (χ2n) is 13.7. The molecule has 0 bridgehead atoms. The Morgan fingerprint density at radius 3 is 2.55 bits per heavy atom. The number of carbonyl (C=O) groups is 1. The fraction of sp³-hybridized carbons (Fsp3) is 0.676. The van der Waals surface area contributed by atoms with Crippen LogP contribution in [0.1, 0.15) is 98.0 Å². The minimum atomic E-state index is -0.576. The van der Waals surface area contributed by atoms with Crippen LogP contribution in [0, 0.1) is 34.0 Å². The Balaban J connectivity index is 1.17. The third kappa shape index (κ3) is 4.76. The average molecular weight is 521 g/mol. The highest BCUT2D eigenvalue weighted by Gasteiger charge is 2.57. The third-order valence-corrected chi connectivity index (χ3v) is 11.3. The summed E-state index contributed by atoms with van der Waals surface area (Å²) in [5.74, 6) is 1.79. The van der Waals surface area contributed by atoms with Crippen LogP contribution in [0.15, 0.2) is 53.1 Å². The summed E-state index contributed by atoms with van der Waals surface area (Å²) < 4.78 is 10.6. The van der Waals surface area contributed by atoms with Gasteiger partial charge >= 0.3 is 6.16 Å². The van der Waals surface area contributed by atoms with E-state index in [4.69, 9.17) is 9.47 Å². The summed E-state index contributed by atoms with van der Waals surface area (Å²) >= 11 is 0. The lowest BCUT2D eigenvalue weighted by Gasteiger charge is -2.59. The molecule has 1 N–H and O–H groups in total. The molecule has 6 atom stereocenters. The Labute approximate surface area is 229 Å². The van der Waals surface area contributed by atoms with Crippen molar-refractivity contribution in [2.24, 2.45) is 34.0 Å². The molecule has 0 radical (unpaired) electrons. The monoisotopic (exact) mass is 520 g/mol. The maximum atomic E-state index is 12.0. The lowest BCUT2D eigenvalue weighted by molar-refractivity contribution is -0.0905. The topological polar surface area (TPSA) is 55.8 Å². The number of carbonyl (C=O) groups excluding carboxylic acids is 1. The standard InChI is InChI=1S/C34H48O4/c1-23(10-9-21-37-31(36)38-22-24-11-7-6-8-12-24)26-14-15-27-25-13-16-29-32(2,3)30(35)18-20-34(29,5)28(25)17-19-33(26,27)4/h6-8,11-12,15,23,26,29-30,35H,9-10,13-14,16-22H2,1-5H3/t23-,26-,29+,30+,33-,34-/m1/s1. The molecule has 4 nitrogen and oxygen atoms in total. The van der Waals surface area contributed by atoms with E-state index in [1.807, 2.05) is 30.3 Å². The minimum Gasteiger partial charge on any atom is -0.434 e.